The van der Waals surface area contributed by atoms with Gasteiger partial charge >= 0.3 is 0 Å². The van der Waals surface area contributed by atoms with E-state index >= 15 is 0 Å². The maximum absolute atomic E-state index is 13.3. The summed E-state index contributed by atoms with van der Waals surface area (Å²) in [6, 6.07) is 15.0. The minimum Gasteiger partial charge on any atom is -0.339 e. The number of rotatable bonds is 2. The number of carbonyl (C=O) groups excluding carboxylic acids is 1. The number of aromatic nitrogens is 1. The average Bonchev–Trinajstić information content (AvgIpc) is 2.96. The summed E-state index contributed by atoms with van der Waals surface area (Å²) in [4.78, 5) is 20.1. The Kier molecular flexibility index (Phi) is 5.33. The SMILES string of the molecule is O=C(c1cc(-c2ccc(Cl)cc2Cl)nc2ccccc12)N1CCCCCC1. The third kappa shape index (κ3) is 3.80. The van der Waals surface area contributed by atoms with Crippen molar-refractivity contribution in [1.29, 1.82) is 0 Å². The zero-order chi connectivity index (χ0) is 18.8. The lowest BCUT2D eigenvalue weighted by Crippen LogP contribution is -2.32. The predicted octanol–water partition coefficient (Wildman–Crippen LogP) is 6.22. The third-order valence-electron chi connectivity index (χ3n) is 5.05. The molecule has 1 saturated heterocycles. The molecule has 2 aromatic carbocycles. The fraction of sp³-hybridized carbons (Fsp3) is 0.273. The van der Waals surface area contributed by atoms with E-state index in [0.717, 1.165) is 42.4 Å². The molecule has 0 N–H and O–H groups in total. The van der Waals surface area contributed by atoms with Crippen molar-refractivity contribution >= 4 is 40.0 Å². The lowest BCUT2D eigenvalue weighted by atomic mass is 10.0. The Hall–Kier alpha value is -2.10. The summed E-state index contributed by atoms with van der Waals surface area (Å²) in [6.07, 6.45) is 4.49. The number of fused-ring (bicyclic) bond motifs is 1. The molecular weight excluding hydrogens is 379 g/mol. The van der Waals surface area contributed by atoms with Crippen molar-refractivity contribution in [1.82, 2.24) is 9.88 Å². The molecule has 27 heavy (non-hydrogen) atoms. The Morgan fingerprint density at radius 1 is 0.926 bits per heavy atom. The average molecular weight is 399 g/mol. The topological polar surface area (TPSA) is 33.2 Å². The molecule has 3 nitrogen and oxygen atoms in total. The van der Waals surface area contributed by atoms with Gasteiger partial charge in [0.1, 0.15) is 0 Å². The van der Waals surface area contributed by atoms with Gasteiger partial charge in [0, 0.05) is 29.1 Å². The van der Waals surface area contributed by atoms with Crippen molar-refractivity contribution in [3.63, 3.8) is 0 Å². The first-order valence-corrected chi connectivity index (χ1v) is 10.0. The van der Waals surface area contributed by atoms with Crippen LogP contribution in [0.25, 0.3) is 22.2 Å². The van der Waals surface area contributed by atoms with Crippen molar-refractivity contribution in [2.24, 2.45) is 0 Å². The van der Waals surface area contributed by atoms with Crippen LogP contribution in [0, 0.1) is 0 Å². The molecule has 1 amide bonds. The van der Waals surface area contributed by atoms with Crippen LogP contribution in [-0.4, -0.2) is 28.9 Å². The quantitative estimate of drug-likeness (QED) is 0.512. The first kappa shape index (κ1) is 18.3. The van der Waals surface area contributed by atoms with Gasteiger partial charge in [-0.25, -0.2) is 4.98 Å². The Morgan fingerprint density at radius 3 is 2.41 bits per heavy atom. The van der Waals surface area contributed by atoms with Crippen molar-refractivity contribution in [2.75, 3.05) is 13.1 Å². The van der Waals surface area contributed by atoms with Gasteiger partial charge < -0.3 is 4.90 Å². The van der Waals surface area contributed by atoms with Gasteiger partial charge in [-0.05, 0) is 43.2 Å². The van der Waals surface area contributed by atoms with Crippen LogP contribution in [0.2, 0.25) is 10.0 Å². The molecule has 0 saturated carbocycles. The Morgan fingerprint density at radius 2 is 1.67 bits per heavy atom. The highest BCUT2D eigenvalue weighted by Crippen LogP contribution is 2.32. The summed E-state index contributed by atoms with van der Waals surface area (Å²) in [6.45, 7) is 1.62. The fourth-order valence-electron chi connectivity index (χ4n) is 3.63. The summed E-state index contributed by atoms with van der Waals surface area (Å²) >= 11 is 12.4. The first-order valence-electron chi connectivity index (χ1n) is 9.28. The highest BCUT2D eigenvalue weighted by atomic mass is 35.5. The zero-order valence-electron chi connectivity index (χ0n) is 14.9. The molecule has 1 aliphatic heterocycles. The fourth-order valence-corrected chi connectivity index (χ4v) is 4.14. The Labute approximate surface area is 168 Å². The molecule has 4 rings (SSSR count). The van der Waals surface area contributed by atoms with Crippen molar-refractivity contribution in [3.8, 4) is 11.3 Å². The smallest absolute Gasteiger partial charge is 0.254 e. The zero-order valence-corrected chi connectivity index (χ0v) is 16.4. The van der Waals surface area contributed by atoms with Crippen LogP contribution in [0.3, 0.4) is 0 Å². The van der Waals surface area contributed by atoms with Crippen LogP contribution in [0.1, 0.15) is 36.0 Å². The second-order valence-corrected chi connectivity index (χ2v) is 7.75. The van der Waals surface area contributed by atoms with E-state index in [0.29, 0.717) is 21.3 Å². The van der Waals surface area contributed by atoms with Gasteiger partial charge in [-0.1, -0.05) is 54.2 Å². The summed E-state index contributed by atoms with van der Waals surface area (Å²) in [7, 11) is 0. The molecule has 1 aromatic heterocycles. The van der Waals surface area contributed by atoms with E-state index in [1.807, 2.05) is 41.3 Å². The summed E-state index contributed by atoms with van der Waals surface area (Å²) in [5.74, 6) is 0.0711. The molecule has 0 unspecified atom stereocenters. The monoisotopic (exact) mass is 398 g/mol. The molecule has 0 atom stereocenters. The molecular formula is C22H20Cl2N2O. The van der Waals surface area contributed by atoms with E-state index in [-0.39, 0.29) is 5.91 Å². The highest BCUT2D eigenvalue weighted by Gasteiger charge is 2.21. The van der Waals surface area contributed by atoms with Gasteiger partial charge in [-0.2, -0.15) is 0 Å². The highest BCUT2D eigenvalue weighted by molar-refractivity contribution is 6.36. The Bertz CT molecular complexity index is 995. The number of halogens is 2. The third-order valence-corrected chi connectivity index (χ3v) is 5.59. The van der Waals surface area contributed by atoms with E-state index in [1.165, 1.54) is 12.8 Å². The van der Waals surface area contributed by atoms with Gasteiger partial charge in [0.25, 0.3) is 5.91 Å². The van der Waals surface area contributed by atoms with Crippen LogP contribution in [0.4, 0.5) is 0 Å². The lowest BCUT2D eigenvalue weighted by Gasteiger charge is -2.21. The van der Waals surface area contributed by atoms with Crippen molar-refractivity contribution in [3.05, 3.63) is 64.1 Å². The minimum absolute atomic E-state index is 0.0711. The molecule has 3 aromatic rings. The maximum atomic E-state index is 13.3. The van der Waals surface area contributed by atoms with Crippen molar-refractivity contribution < 1.29 is 4.79 Å². The lowest BCUT2D eigenvalue weighted by molar-refractivity contribution is 0.0763. The normalized spacial score (nSPS) is 15.0. The number of pyridine rings is 1. The van der Waals surface area contributed by atoms with Gasteiger partial charge in [-0.3, -0.25) is 4.79 Å². The van der Waals surface area contributed by atoms with Crippen LogP contribution in [0.15, 0.2) is 48.5 Å². The van der Waals surface area contributed by atoms with Gasteiger partial charge in [-0.15, -0.1) is 0 Å². The van der Waals surface area contributed by atoms with Crippen LogP contribution in [0.5, 0.6) is 0 Å². The van der Waals surface area contributed by atoms with E-state index in [1.54, 1.807) is 12.1 Å². The second-order valence-electron chi connectivity index (χ2n) is 6.90. The number of para-hydroxylation sites is 1. The summed E-state index contributed by atoms with van der Waals surface area (Å²) < 4.78 is 0. The van der Waals surface area contributed by atoms with E-state index in [4.69, 9.17) is 28.2 Å². The van der Waals surface area contributed by atoms with E-state index in [9.17, 15) is 4.79 Å². The number of hydrogen-bond donors (Lipinski definition) is 0. The van der Waals surface area contributed by atoms with Gasteiger partial charge in [0.15, 0.2) is 0 Å². The summed E-state index contributed by atoms with van der Waals surface area (Å²) in [5, 5.41) is 1.98. The molecule has 1 aliphatic rings. The molecule has 2 heterocycles. The number of benzene rings is 2. The number of hydrogen-bond acceptors (Lipinski definition) is 2. The first-order chi connectivity index (χ1) is 13.1. The molecule has 0 bridgehead atoms. The Balaban J connectivity index is 1.84. The number of amides is 1. The molecule has 138 valence electrons. The van der Waals surface area contributed by atoms with Crippen LogP contribution < -0.4 is 0 Å². The molecule has 1 fully saturated rings. The minimum atomic E-state index is 0.0711. The maximum Gasteiger partial charge on any atom is 0.254 e. The molecule has 5 heteroatoms. The van der Waals surface area contributed by atoms with Gasteiger partial charge in [0.2, 0.25) is 0 Å². The largest absolute Gasteiger partial charge is 0.339 e. The number of carbonyl (C=O) groups is 1. The van der Waals surface area contributed by atoms with Crippen LogP contribution in [-0.2, 0) is 0 Å². The predicted molar refractivity (Wildman–Crippen MR) is 112 cm³/mol. The summed E-state index contributed by atoms with van der Waals surface area (Å²) in [5.41, 5.74) is 2.94. The number of likely N-dealkylation sites (tertiary alicyclic amines) is 1. The number of nitrogens with zero attached hydrogens (tertiary/aromatic N) is 2. The van der Waals surface area contributed by atoms with E-state index < -0.39 is 0 Å². The van der Waals surface area contributed by atoms with E-state index in [2.05, 4.69) is 0 Å². The standard InChI is InChI=1S/C22H20Cl2N2O/c23-15-9-10-17(19(24)13-15)21-14-18(16-7-3-4-8-20(16)25-21)22(27)26-11-5-1-2-6-12-26/h3-4,7-10,13-14H,1-2,5-6,11-12H2. The van der Waals surface area contributed by atoms with Crippen molar-refractivity contribution in [2.45, 2.75) is 25.7 Å². The molecule has 0 radical (unpaired) electrons. The van der Waals surface area contributed by atoms with Crippen LogP contribution >= 0.6 is 23.2 Å². The molecule has 0 spiro atoms. The van der Waals surface area contributed by atoms with Gasteiger partial charge in [0.05, 0.1) is 21.8 Å². The second kappa shape index (κ2) is 7.87. The molecule has 0 aliphatic carbocycles.